The van der Waals surface area contributed by atoms with Gasteiger partial charge >= 0.3 is 0 Å². The highest BCUT2D eigenvalue weighted by atomic mass is 19.2. The lowest BCUT2D eigenvalue weighted by atomic mass is 10.2. The number of carbonyl (C=O) groups excluding carboxylic acids is 1. The molecule has 8 heteroatoms. The van der Waals surface area contributed by atoms with Gasteiger partial charge in [0.2, 0.25) is 5.91 Å². The van der Waals surface area contributed by atoms with Crippen LogP contribution in [-0.2, 0) is 4.79 Å². The van der Waals surface area contributed by atoms with Crippen molar-refractivity contribution in [3.8, 4) is 0 Å². The van der Waals surface area contributed by atoms with E-state index in [0.29, 0.717) is 18.9 Å². The van der Waals surface area contributed by atoms with Gasteiger partial charge in [-0.2, -0.15) is 0 Å². The number of hydrogen-bond acceptors (Lipinski definition) is 4. The lowest BCUT2D eigenvalue weighted by molar-refractivity contribution is -0.384. The molecule has 1 rings (SSSR count). The quantitative estimate of drug-likeness (QED) is 0.450. The number of nitrogens with one attached hydrogen (secondary N) is 1. The Kier molecular flexibility index (Phi) is 5.16. The Morgan fingerprint density at radius 2 is 2.05 bits per heavy atom. The van der Waals surface area contributed by atoms with Crippen LogP contribution in [0.5, 0.6) is 0 Å². The maximum absolute atomic E-state index is 13.4. The number of halogens is 2. The summed E-state index contributed by atoms with van der Waals surface area (Å²) in [5, 5.41) is 13.1. The van der Waals surface area contributed by atoms with Gasteiger partial charge in [-0.05, 0) is 18.9 Å². The molecule has 0 fully saturated rings. The fourth-order valence-corrected chi connectivity index (χ4v) is 1.50. The molecule has 3 N–H and O–H groups in total. The van der Waals surface area contributed by atoms with E-state index in [1.165, 1.54) is 0 Å². The number of amides is 1. The van der Waals surface area contributed by atoms with Crippen LogP contribution in [0.3, 0.4) is 0 Å². The second kappa shape index (κ2) is 6.62. The Labute approximate surface area is 107 Å². The molecule has 0 unspecified atom stereocenters. The first-order valence-electron chi connectivity index (χ1n) is 5.58. The summed E-state index contributed by atoms with van der Waals surface area (Å²) in [6, 6.07) is 1.59. The third kappa shape index (κ3) is 4.16. The van der Waals surface area contributed by atoms with Crippen LogP contribution in [0, 0.1) is 21.7 Å². The van der Waals surface area contributed by atoms with Crippen molar-refractivity contribution < 1.29 is 18.5 Å². The van der Waals surface area contributed by atoms with E-state index in [4.69, 9.17) is 5.73 Å². The molecule has 0 aliphatic heterocycles. The van der Waals surface area contributed by atoms with E-state index >= 15 is 0 Å². The zero-order chi connectivity index (χ0) is 14.4. The van der Waals surface area contributed by atoms with Crippen LogP contribution in [0.4, 0.5) is 20.2 Å². The van der Waals surface area contributed by atoms with Crippen molar-refractivity contribution in [2.75, 3.05) is 11.9 Å². The van der Waals surface area contributed by atoms with E-state index < -0.39 is 33.8 Å². The van der Waals surface area contributed by atoms with Gasteiger partial charge < -0.3 is 11.1 Å². The summed E-state index contributed by atoms with van der Waals surface area (Å²) in [7, 11) is 0. The third-order valence-electron chi connectivity index (χ3n) is 2.42. The van der Waals surface area contributed by atoms with Gasteiger partial charge in [-0.15, -0.1) is 0 Å². The number of nitro groups is 1. The van der Waals surface area contributed by atoms with Gasteiger partial charge in [0.15, 0.2) is 17.3 Å². The lowest BCUT2D eigenvalue weighted by Gasteiger charge is -2.08. The van der Waals surface area contributed by atoms with Crippen LogP contribution in [0.1, 0.15) is 19.3 Å². The Morgan fingerprint density at radius 1 is 1.37 bits per heavy atom. The summed E-state index contributed by atoms with van der Waals surface area (Å²) >= 11 is 0. The Bertz CT molecular complexity index is 494. The Morgan fingerprint density at radius 3 is 2.63 bits per heavy atom. The number of hydrogen-bond donors (Lipinski definition) is 2. The summed E-state index contributed by atoms with van der Waals surface area (Å²) in [5.41, 5.74) is 3.92. The fraction of sp³-hybridized carbons (Fsp3) is 0.364. The number of carbonyl (C=O) groups is 1. The third-order valence-corrected chi connectivity index (χ3v) is 2.42. The van der Waals surface area contributed by atoms with Gasteiger partial charge in [0.05, 0.1) is 4.92 Å². The first kappa shape index (κ1) is 14.8. The number of nitrogens with zero attached hydrogens (tertiary/aromatic N) is 1. The number of rotatable bonds is 7. The average Bonchev–Trinajstić information content (AvgIpc) is 2.33. The topological polar surface area (TPSA) is 98.3 Å². The zero-order valence-electron chi connectivity index (χ0n) is 9.99. The van der Waals surface area contributed by atoms with Crippen molar-refractivity contribution in [1.82, 2.24) is 0 Å². The molecule has 0 heterocycles. The molecule has 0 saturated heterocycles. The molecule has 0 atom stereocenters. The number of nitro benzene ring substituents is 1. The molecule has 1 aromatic carbocycles. The van der Waals surface area contributed by atoms with Crippen molar-refractivity contribution >= 4 is 17.3 Å². The number of primary amides is 1. The van der Waals surface area contributed by atoms with Crippen molar-refractivity contribution in [3.05, 3.63) is 33.9 Å². The number of anilines is 1. The molecule has 0 saturated carbocycles. The number of nitrogens with two attached hydrogens (primary N) is 1. The molecule has 0 aliphatic rings. The molecule has 1 amide bonds. The van der Waals surface area contributed by atoms with Crippen LogP contribution in [0.2, 0.25) is 0 Å². The van der Waals surface area contributed by atoms with Gasteiger partial charge in [-0.25, -0.2) is 8.78 Å². The van der Waals surface area contributed by atoms with Crippen molar-refractivity contribution in [2.45, 2.75) is 19.3 Å². The molecule has 104 valence electrons. The maximum Gasteiger partial charge on any atom is 0.295 e. The highest BCUT2D eigenvalue weighted by Crippen LogP contribution is 2.28. The summed E-state index contributed by atoms with van der Waals surface area (Å²) in [6.45, 7) is 0.175. The molecule has 0 aromatic heterocycles. The van der Waals surface area contributed by atoms with Crippen molar-refractivity contribution in [2.24, 2.45) is 5.73 Å². The van der Waals surface area contributed by atoms with Crippen LogP contribution in [0.15, 0.2) is 12.1 Å². The number of benzene rings is 1. The highest BCUT2D eigenvalue weighted by Gasteiger charge is 2.20. The molecule has 0 aliphatic carbocycles. The largest absolute Gasteiger partial charge is 0.377 e. The van der Waals surface area contributed by atoms with E-state index in [1.807, 2.05) is 0 Å². The Hall–Kier alpha value is -2.25. The summed E-state index contributed by atoms with van der Waals surface area (Å²) in [5.74, 6) is -2.91. The lowest BCUT2D eigenvalue weighted by Crippen LogP contribution is -2.11. The Balaban J connectivity index is 2.68. The standard InChI is InChI=1S/C11H13F2N3O3/c12-7-4-5-8(16(18)19)11(10(7)13)15-6-2-1-3-9(14)17/h4-5,15H,1-3,6H2,(H2,14,17). The monoisotopic (exact) mass is 273 g/mol. The first-order valence-corrected chi connectivity index (χ1v) is 5.58. The van der Waals surface area contributed by atoms with Crippen LogP contribution >= 0.6 is 0 Å². The summed E-state index contributed by atoms with van der Waals surface area (Å²) in [6.07, 6.45) is 1.10. The van der Waals surface area contributed by atoms with Crippen molar-refractivity contribution in [1.29, 1.82) is 0 Å². The van der Waals surface area contributed by atoms with E-state index in [9.17, 15) is 23.7 Å². The van der Waals surface area contributed by atoms with Crippen LogP contribution in [-0.4, -0.2) is 17.4 Å². The molecule has 0 spiro atoms. The van der Waals surface area contributed by atoms with Gasteiger partial charge in [0.1, 0.15) is 0 Å². The summed E-state index contributed by atoms with van der Waals surface area (Å²) < 4.78 is 26.4. The normalized spacial score (nSPS) is 10.2. The van der Waals surface area contributed by atoms with E-state index in [0.717, 1.165) is 6.07 Å². The molecular weight excluding hydrogens is 260 g/mol. The van der Waals surface area contributed by atoms with Gasteiger partial charge in [-0.3, -0.25) is 14.9 Å². The maximum atomic E-state index is 13.4. The van der Waals surface area contributed by atoms with Gasteiger partial charge in [-0.1, -0.05) is 0 Å². The molecule has 1 aromatic rings. The fourth-order valence-electron chi connectivity index (χ4n) is 1.50. The first-order chi connectivity index (χ1) is 8.93. The minimum absolute atomic E-state index is 0.175. The second-order valence-electron chi connectivity index (χ2n) is 3.86. The van der Waals surface area contributed by atoms with Gasteiger partial charge in [0, 0.05) is 19.0 Å². The SMILES string of the molecule is NC(=O)CCCCNc1c([N+](=O)[O-])ccc(F)c1F. The van der Waals surface area contributed by atoms with Crippen LogP contribution < -0.4 is 11.1 Å². The van der Waals surface area contributed by atoms with E-state index in [1.54, 1.807) is 0 Å². The summed E-state index contributed by atoms with van der Waals surface area (Å²) in [4.78, 5) is 20.4. The van der Waals surface area contributed by atoms with E-state index in [2.05, 4.69) is 5.32 Å². The minimum atomic E-state index is -1.29. The van der Waals surface area contributed by atoms with Gasteiger partial charge in [0.25, 0.3) is 5.69 Å². The predicted octanol–water partition coefficient (Wildman–Crippen LogP) is 1.94. The van der Waals surface area contributed by atoms with Crippen LogP contribution in [0.25, 0.3) is 0 Å². The van der Waals surface area contributed by atoms with Crippen molar-refractivity contribution in [3.63, 3.8) is 0 Å². The highest BCUT2D eigenvalue weighted by molar-refractivity contribution is 5.73. The molecule has 0 bridgehead atoms. The average molecular weight is 273 g/mol. The second-order valence-corrected chi connectivity index (χ2v) is 3.86. The smallest absolute Gasteiger partial charge is 0.295 e. The molecular formula is C11H13F2N3O3. The zero-order valence-corrected chi connectivity index (χ0v) is 9.99. The minimum Gasteiger partial charge on any atom is -0.377 e. The van der Waals surface area contributed by atoms with E-state index in [-0.39, 0.29) is 13.0 Å². The predicted molar refractivity (Wildman–Crippen MR) is 64.5 cm³/mol. The molecule has 0 radical (unpaired) electrons. The molecule has 19 heavy (non-hydrogen) atoms. The number of unbranched alkanes of at least 4 members (excludes halogenated alkanes) is 1. The molecule has 6 nitrogen and oxygen atoms in total.